The first-order valence-corrected chi connectivity index (χ1v) is 18.5. The lowest BCUT2D eigenvalue weighted by atomic mass is 10.0. The normalized spacial score (nSPS) is 18.1. The van der Waals surface area contributed by atoms with Gasteiger partial charge in [0.1, 0.15) is 24.4 Å². The Morgan fingerprint density at radius 1 is 0.981 bits per heavy atom. The van der Waals surface area contributed by atoms with Gasteiger partial charge in [-0.15, -0.1) is 16.9 Å². The van der Waals surface area contributed by atoms with Gasteiger partial charge in [0.15, 0.2) is 11.5 Å². The fourth-order valence-electron chi connectivity index (χ4n) is 5.66. The fraction of sp³-hybridized carbons (Fsp3) is 0.368. The largest absolute Gasteiger partial charge is 0.497 e. The number of amides is 4. The number of carbonyl (C=O) groups is 4. The lowest BCUT2D eigenvalue weighted by Gasteiger charge is -2.26. The number of fused-ring (bicyclic) bond motifs is 16. The smallest absolute Gasteiger partial charge is 0.252 e. The van der Waals surface area contributed by atoms with Crippen molar-refractivity contribution in [1.82, 2.24) is 35.8 Å². The highest BCUT2D eigenvalue weighted by atomic mass is 32.2. The average Bonchev–Trinajstić information content (AvgIpc) is 3.64. The Morgan fingerprint density at radius 3 is 2.56 bits per heavy atom. The van der Waals surface area contributed by atoms with E-state index < -0.39 is 35.9 Å². The number of aliphatic hydroxyl groups is 1. The predicted molar refractivity (Wildman–Crippen MR) is 201 cm³/mol. The minimum atomic E-state index is -1.35. The molecule has 0 radical (unpaired) electrons. The van der Waals surface area contributed by atoms with Crippen LogP contribution in [0, 0.1) is 0 Å². The molecule has 4 aromatic rings. The third-order valence-electron chi connectivity index (χ3n) is 8.63. The van der Waals surface area contributed by atoms with Gasteiger partial charge in [-0.05, 0) is 48.9 Å². The van der Waals surface area contributed by atoms with Gasteiger partial charge in [0.05, 0.1) is 38.3 Å². The molecule has 0 fully saturated rings. The molecule has 1 aromatic heterocycles. The van der Waals surface area contributed by atoms with Crippen molar-refractivity contribution in [2.75, 3.05) is 46.2 Å². The molecule has 4 bridgehead atoms. The number of ether oxygens (including phenoxy) is 3. The lowest BCUT2D eigenvalue weighted by molar-refractivity contribution is -0.132. The number of nitrogens with one attached hydrogen (secondary N) is 3. The summed E-state index contributed by atoms with van der Waals surface area (Å²) in [4.78, 5) is 56.8. The molecule has 3 aromatic carbocycles. The molecule has 4 amide bonds. The summed E-state index contributed by atoms with van der Waals surface area (Å²) < 4.78 is 18.4. The first kappa shape index (κ1) is 39.6. The number of thioether (sulfide) groups is 1. The van der Waals surface area contributed by atoms with Crippen LogP contribution in [0.25, 0.3) is 0 Å². The van der Waals surface area contributed by atoms with E-state index in [4.69, 9.17) is 14.2 Å². The van der Waals surface area contributed by atoms with Crippen LogP contribution in [0.4, 0.5) is 0 Å². The number of benzene rings is 3. The zero-order valence-corrected chi connectivity index (χ0v) is 31.2. The summed E-state index contributed by atoms with van der Waals surface area (Å²) in [5.74, 6) is -0.516. The van der Waals surface area contributed by atoms with E-state index in [0.29, 0.717) is 42.5 Å². The van der Waals surface area contributed by atoms with Crippen molar-refractivity contribution in [3.63, 3.8) is 0 Å². The van der Waals surface area contributed by atoms with E-state index in [-0.39, 0.29) is 43.3 Å². The molecule has 0 spiro atoms. The van der Waals surface area contributed by atoms with Gasteiger partial charge in [-0.2, -0.15) is 0 Å². The summed E-state index contributed by atoms with van der Waals surface area (Å²) in [6.45, 7) is 2.46. The number of hydrogen-bond acceptors (Lipinski definition) is 11. The van der Waals surface area contributed by atoms with Gasteiger partial charge >= 0.3 is 0 Å². The molecule has 16 heteroatoms. The van der Waals surface area contributed by atoms with Crippen LogP contribution < -0.4 is 30.2 Å². The second kappa shape index (κ2) is 19.5. The second-order valence-corrected chi connectivity index (χ2v) is 13.6. The zero-order valence-electron chi connectivity index (χ0n) is 30.4. The van der Waals surface area contributed by atoms with E-state index in [1.165, 1.54) is 31.9 Å². The molecular formula is C38H45N7O8S. The van der Waals surface area contributed by atoms with Crippen molar-refractivity contribution in [1.29, 1.82) is 0 Å². The third kappa shape index (κ3) is 11.2. The molecule has 4 N–H and O–H groups in total. The lowest BCUT2D eigenvalue weighted by Crippen LogP contribution is -2.58. The highest BCUT2D eigenvalue weighted by Gasteiger charge is 2.30. The van der Waals surface area contributed by atoms with E-state index in [1.54, 1.807) is 35.0 Å². The van der Waals surface area contributed by atoms with Gasteiger partial charge in [-0.1, -0.05) is 41.6 Å². The maximum atomic E-state index is 13.8. The molecule has 0 aliphatic carbocycles. The number of aromatic nitrogens is 3. The van der Waals surface area contributed by atoms with Crippen molar-refractivity contribution in [2.24, 2.45) is 0 Å². The maximum Gasteiger partial charge on any atom is 0.252 e. The maximum absolute atomic E-state index is 13.8. The molecule has 3 heterocycles. The van der Waals surface area contributed by atoms with Crippen molar-refractivity contribution in [3.8, 4) is 17.2 Å². The molecule has 15 nitrogen and oxygen atoms in total. The number of methoxy groups -OCH3 is 2. The zero-order chi connectivity index (χ0) is 38.5. The van der Waals surface area contributed by atoms with Crippen LogP contribution in [0.1, 0.15) is 28.5 Å². The highest BCUT2D eigenvalue weighted by molar-refractivity contribution is 8.00. The number of rotatable bonds is 8. The van der Waals surface area contributed by atoms with Gasteiger partial charge in [-0.3, -0.25) is 19.2 Å². The second-order valence-electron chi connectivity index (χ2n) is 12.5. The molecule has 6 rings (SSSR count). The Hall–Kier alpha value is -5.61. The van der Waals surface area contributed by atoms with Gasteiger partial charge < -0.3 is 40.2 Å². The Bertz CT molecular complexity index is 1890. The van der Waals surface area contributed by atoms with Crippen LogP contribution in [0.3, 0.4) is 0 Å². The quantitative estimate of drug-likeness (QED) is 0.152. The molecule has 0 unspecified atom stereocenters. The minimum absolute atomic E-state index is 0.0410. The van der Waals surface area contributed by atoms with Crippen LogP contribution >= 0.6 is 11.8 Å². The molecule has 0 saturated heterocycles. The average molecular weight is 760 g/mol. The van der Waals surface area contributed by atoms with Crippen molar-refractivity contribution in [2.45, 2.75) is 49.4 Å². The summed E-state index contributed by atoms with van der Waals surface area (Å²) in [5.41, 5.74) is 1.64. The van der Waals surface area contributed by atoms with E-state index in [2.05, 4.69) is 26.3 Å². The Kier molecular flexibility index (Phi) is 14.3. The van der Waals surface area contributed by atoms with E-state index in [9.17, 15) is 24.3 Å². The van der Waals surface area contributed by atoms with Crippen molar-refractivity contribution >= 4 is 35.4 Å². The summed E-state index contributed by atoms with van der Waals surface area (Å²) in [7, 11) is 3.04. The summed E-state index contributed by atoms with van der Waals surface area (Å²) >= 11 is 1.36. The fourth-order valence-corrected chi connectivity index (χ4v) is 6.51. The SMILES string of the molecule is COc1cccc(SCC(=O)N2CCNC(=O)[C@H]([C@@H](C)O)NC(=O)[C@@H](Cc3ccccc3)NC(=O)c3ccc(c(OC)c3)OCCn3cc(nn3)CC2)c1. The van der Waals surface area contributed by atoms with Crippen LogP contribution in [0.5, 0.6) is 17.2 Å². The number of carbonyl (C=O) groups excluding carboxylic acids is 4. The molecule has 3 atom stereocenters. The topological polar surface area (TPSA) is 186 Å². The Morgan fingerprint density at radius 2 is 1.80 bits per heavy atom. The molecule has 0 saturated carbocycles. The van der Waals surface area contributed by atoms with Crippen molar-refractivity contribution < 1.29 is 38.5 Å². The first-order chi connectivity index (χ1) is 26.1. The van der Waals surface area contributed by atoms with Crippen LogP contribution in [0.2, 0.25) is 0 Å². The molecule has 2 aliphatic heterocycles. The van der Waals surface area contributed by atoms with Crippen LogP contribution in [0.15, 0.2) is 83.9 Å². The highest BCUT2D eigenvalue weighted by Crippen LogP contribution is 2.28. The van der Waals surface area contributed by atoms with Crippen molar-refractivity contribution in [3.05, 3.63) is 95.8 Å². The predicted octanol–water partition coefficient (Wildman–Crippen LogP) is 1.87. The third-order valence-corrected chi connectivity index (χ3v) is 9.61. The number of hydrogen-bond donors (Lipinski definition) is 4. The Balaban J connectivity index is 1.38. The Labute approximate surface area is 317 Å². The van der Waals surface area contributed by atoms with Gasteiger partial charge in [0.25, 0.3) is 5.91 Å². The summed E-state index contributed by atoms with van der Waals surface area (Å²) in [5, 5.41) is 27.2. The van der Waals surface area contributed by atoms with Crippen LogP contribution in [-0.4, -0.2) is 113 Å². The van der Waals surface area contributed by atoms with Gasteiger partial charge in [0.2, 0.25) is 17.7 Å². The molecule has 2 aliphatic rings. The molecular weight excluding hydrogens is 715 g/mol. The molecule has 54 heavy (non-hydrogen) atoms. The first-order valence-electron chi connectivity index (χ1n) is 17.5. The monoisotopic (exact) mass is 759 g/mol. The van der Waals surface area contributed by atoms with Crippen LogP contribution in [-0.2, 0) is 33.8 Å². The van der Waals surface area contributed by atoms with Gasteiger partial charge in [0, 0.05) is 49.1 Å². The van der Waals surface area contributed by atoms with E-state index in [1.807, 2.05) is 54.6 Å². The summed E-state index contributed by atoms with van der Waals surface area (Å²) in [6, 6.07) is 18.7. The minimum Gasteiger partial charge on any atom is -0.497 e. The molecule has 286 valence electrons. The van der Waals surface area contributed by atoms with E-state index in [0.717, 1.165) is 10.5 Å². The number of aliphatic hydroxyl groups excluding tert-OH is 1. The summed E-state index contributed by atoms with van der Waals surface area (Å²) in [6.07, 6.45) is 1.00. The van der Waals surface area contributed by atoms with E-state index >= 15 is 0 Å². The standard InChI is InChI=1S/C38H45N7O8S/c1-25(46)35-38(50)39-15-17-44(34(47)24-54-30-11-7-10-29(22-30)51-2)16-14-28-23-45(43-42-28)18-19-53-32-13-12-27(21-33(32)52-3)36(48)40-31(37(49)41-35)20-26-8-5-4-6-9-26/h4-13,21-23,25,31,35,46H,14-20,24H2,1-3H3,(H,39,50)(H,40,48)(H,41,49)/t25-,31-,35+/m1/s1. The van der Waals surface area contributed by atoms with Gasteiger partial charge in [-0.25, -0.2) is 4.68 Å². The number of nitrogens with zero attached hydrogens (tertiary/aromatic N) is 4.